The van der Waals surface area contributed by atoms with Gasteiger partial charge in [0.05, 0.1) is 24.3 Å². The minimum atomic E-state index is -0.747. The molecule has 2 heterocycles. The quantitative estimate of drug-likeness (QED) is 0.205. The van der Waals surface area contributed by atoms with Gasteiger partial charge in [0.2, 0.25) is 11.8 Å². The van der Waals surface area contributed by atoms with Crippen LogP contribution in [0.4, 0.5) is 0 Å². The fourth-order valence-corrected chi connectivity index (χ4v) is 5.41. The van der Waals surface area contributed by atoms with E-state index < -0.39 is 29.0 Å². The van der Waals surface area contributed by atoms with E-state index in [-0.39, 0.29) is 67.8 Å². The van der Waals surface area contributed by atoms with Gasteiger partial charge in [-0.15, -0.1) is 16.8 Å². The Kier molecular flexibility index (Phi) is 10.2. The van der Waals surface area contributed by atoms with Gasteiger partial charge in [-0.05, 0) is 31.6 Å². The Morgan fingerprint density at radius 1 is 0.973 bits per heavy atom. The predicted molar refractivity (Wildman–Crippen MR) is 130 cm³/mol. The molecule has 0 aromatic heterocycles. The van der Waals surface area contributed by atoms with Crippen molar-refractivity contribution in [3.8, 4) is 0 Å². The van der Waals surface area contributed by atoms with Gasteiger partial charge in [-0.2, -0.15) is 0 Å². The van der Waals surface area contributed by atoms with Crippen molar-refractivity contribution in [1.29, 1.82) is 0 Å². The van der Waals surface area contributed by atoms with Crippen LogP contribution in [0.25, 0.3) is 0 Å². The Morgan fingerprint density at radius 2 is 1.62 bits per heavy atom. The third kappa shape index (κ3) is 7.86. The SMILES string of the molecule is NCNC(=O)CCNC(=O)CCSC1CC(=O)N(OC(=O)C2CCC(CN3C(=O)C=CC3=O)CC2)C1=O. The molecule has 0 aromatic rings. The highest BCUT2D eigenvalue weighted by molar-refractivity contribution is 8.00. The monoisotopic (exact) mass is 537 g/mol. The summed E-state index contributed by atoms with van der Waals surface area (Å²) in [5.74, 6) is -3.27. The molecule has 1 unspecified atom stereocenters. The molecule has 0 spiro atoms. The molecule has 3 aliphatic rings. The predicted octanol–water partition coefficient (Wildman–Crippen LogP) is -1.03. The average molecular weight is 538 g/mol. The number of hydrogen-bond donors (Lipinski definition) is 3. The Hall–Kier alpha value is -3.26. The number of nitrogens with zero attached hydrogens (tertiary/aromatic N) is 2. The maximum atomic E-state index is 12.6. The third-order valence-corrected chi connectivity index (χ3v) is 7.60. The summed E-state index contributed by atoms with van der Waals surface area (Å²) in [6.45, 7) is 0.484. The van der Waals surface area contributed by atoms with Gasteiger partial charge in [-0.3, -0.25) is 33.7 Å². The first-order chi connectivity index (χ1) is 17.7. The maximum absolute atomic E-state index is 12.6. The number of carbonyl (C=O) groups is 7. The molecule has 1 aliphatic carbocycles. The van der Waals surface area contributed by atoms with Crippen LogP contribution in [0, 0.1) is 11.8 Å². The first kappa shape index (κ1) is 28.3. The summed E-state index contributed by atoms with van der Waals surface area (Å²) in [5.41, 5.74) is 5.19. The van der Waals surface area contributed by atoms with Crippen molar-refractivity contribution in [2.75, 3.05) is 25.5 Å². The van der Waals surface area contributed by atoms with Crippen LogP contribution >= 0.6 is 11.8 Å². The summed E-state index contributed by atoms with van der Waals surface area (Å²) in [4.78, 5) is 90.5. The molecule has 14 heteroatoms. The van der Waals surface area contributed by atoms with E-state index in [1.807, 2.05) is 0 Å². The van der Waals surface area contributed by atoms with Crippen LogP contribution in [0.3, 0.4) is 0 Å². The molecule has 4 N–H and O–H groups in total. The summed E-state index contributed by atoms with van der Waals surface area (Å²) >= 11 is 1.13. The number of rotatable bonds is 12. The summed E-state index contributed by atoms with van der Waals surface area (Å²) in [5, 5.41) is 4.78. The zero-order valence-corrected chi connectivity index (χ0v) is 21.1. The average Bonchev–Trinajstić information content (AvgIpc) is 3.32. The first-order valence-electron chi connectivity index (χ1n) is 12.2. The van der Waals surface area contributed by atoms with E-state index >= 15 is 0 Å². The summed E-state index contributed by atoms with van der Waals surface area (Å²) < 4.78 is 0. The number of amides is 6. The van der Waals surface area contributed by atoms with Gasteiger partial charge in [-0.25, -0.2) is 4.79 Å². The van der Waals surface area contributed by atoms with Crippen molar-refractivity contribution in [2.24, 2.45) is 17.6 Å². The zero-order valence-electron chi connectivity index (χ0n) is 20.3. The van der Waals surface area contributed by atoms with Crippen LogP contribution in [-0.4, -0.2) is 82.1 Å². The Labute approximate surface area is 217 Å². The number of hydroxylamine groups is 2. The van der Waals surface area contributed by atoms with E-state index in [1.165, 1.54) is 17.1 Å². The fraction of sp³-hybridized carbons (Fsp3) is 0.609. The molecule has 1 atom stereocenters. The molecule has 202 valence electrons. The molecule has 13 nitrogen and oxygen atoms in total. The van der Waals surface area contributed by atoms with Gasteiger partial charge in [0.15, 0.2) is 0 Å². The van der Waals surface area contributed by atoms with Crippen LogP contribution in [0.15, 0.2) is 12.2 Å². The van der Waals surface area contributed by atoms with Crippen LogP contribution in [0.5, 0.6) is 0 Å². The van der Waals surface area contributed by atoms with Gasteiger partial charge in [0, 0.05) is 43.8 Å². The van der Waals surface area contributed by atoms with Crippen molar-refractivity contribution in [2.45, 2.75) is 50.2 Å². The highest BCUT2D eigenvalue weighted by Crippen LogP contribution is 2.32. The van der Waals surface area contributed by atoms with E-state index in [2.05, 4.69) is 10.6 Å². The van der Waals surface area contributed by atoms with Crippen molar-refractivity contribution in [3.05, 3.63) is 12.2 Å². The van der Waals surface area contributed by atoms with Crippen LogP contribution in [0.1, 0.15) is 44.9 Å². The van der Waals surface area contributed by atoms with Gasteiger partial charge in [-0.1, -0.05) is 0 Å². The highest BCUT2D eigenvalue weighted by atomic mass is 32.2. The van der Waals surface area contributed by atoms with Crippen LogP contribution in [0.2, 0.25) is 0 Å². The fourth-order valence-electron chi connectivity index (χ4n) is 4.32. The molecule has 1 saturated carbocycles. The second kappa shape index (κ2) is 13.3. The Morgan fingerprint density at radius 3 is 2.27 bits per heavy atom. The third-order valence-electron chi connectivity index (χ3n) is 6.39. The van der Waals surface area contributed by atoms with E-state index in [0.29, 0.717) is 37.3 Å². The minimum Gasteiger partial charge on any atom is -0.356 e. The standard InChI is InChI=1S/C23H31N5O8S/c24-13-26-17(29)7-9-25-18(30)8-10-37-16-11-21(33)28(22(16)34)36-23(35)15-3-1-14(2-4-15)12-27-19(31)5-6-20(27)32/h5-6,14-16H,1-4,7-13,24H2,(H,25,30)(H,26,29). The van der Waals surface area contributed by atoms with Crippen molar-refractivity contribution in [1.82, 2.24) is 20.6 Å². The summed E-state index contributed by atoms with van der Waals surface area (Å²) in [7, 11) is 0. The van der Waals surface area contributed by atoms with E-state index in [1.54, 1.807) is 0 Å². The normalized spacial score (nSPS) is 23.5. The van der Waals surface area contributed by atoms with Crippen molar-refractivity contribution >= 4 is 53.2 Å². The lowest BCUT2D eigenvalue weighted by atomic mass is 9.82. The van der Waals surface area contributed by atoms with Gasteiger partial charge in [0.25, 0.3) is 23.6 Å². The lowest BCUT2D eigenvalue weighted by molar-refractivity contribution is -0.201. The van der Waals surface area contributed by atoms with E-state index in [0.717, 1.165) is 11.8 Å². The molecule has 37 heavy (non-hydrogen) atoms. The Balaban J connectivity index is 1.35. The van der Waals surface area contributed by atoms with Gasteiger partial charge in [0.1, 0.15) is 0 Å². The molecule has 0 radical (unpaired) electrons. The number of nitrogens with two attached hydrogens (primary N) is 1. The minimum absolute atomic E-state index is 0.0221. The number of imide groups is 2. The van der Waals surface area contributed by atoms with E-state index in [4.69, 9.17) is 10.6 Å². The molecule has 6 amide bonds. The molecule has 2 aliphatic heterocycles. The van der Waals surface area contributed by atoms with E-state index in [9.17, 15) is 33.6 Å². The Bertz CT molecular complexity index is 960. The second-order valence-corrected chi connectivity index (χ2v) is 10.3. The molecular weight excluding hydrogens is 506 g/mol. The molecule has 3 rings (SSSR count). The number of nitrogens with one attached hydrogen (secondary N) is 2. The van der Waals surface area contributed by atoms with Crippen LogP contribution in [-0.2, 0) is 38.4 Å². The zero-order chi connectivity index (χ0) is 26.9. The van der Waals surface area contributed by atoms with Crippen molar-refractivity contribution in [3.63, 3.8) is 0 Å². The summed E-state index contributed by atoms with van der Waals surface area (Å²) in [6, 6.07) is 0. The summed E-state index contributed by atoms with van der Waals surface area (Å²) in [6.07, 6.45) is 4.68. The van der Waals surface area contributed by atoms with Gasteiger partial charge < -0.3 is 21.2 Å². The lowest BCUT2D eigenvalue weighted by Crippen LogP contribution is -2.39. The molecule has 1 saturated heterocycles. The van der Waals surface area contributed by atoms with Gasteiger partial charge >= 0.3 is 5.97 Å². The largest absolute Gasteiger partial charge is 0.356 e. The maximum Gasteiger partial charge on any atom is 0.336 e. The molecule has 2 fully saturated rings. The topological polar surface area (TPSA) is 185 Å². The number of hydrogen-bond acceptors (Lipinski definition) is 10. The smallest absolute Gasteiger partial charge is 0.336 e. The second-order valence-electron chi connectivity index (χ2n) is 8.99. The number of thioether (sulfide) groups is 1. The molecular formula is C23H31N5O8S. The number of carbonyl (C=O) groups excluding carboxylic acids is 7. The molecule has 0 bridgehead atoms. The lowest BCUT2D eigenvalue weighted by Gasteiger charge is -2.29. The highest BCUT2D eigenvalue weighted by Gasteiger charge is 2.43. The first-order valence-corrected chi connectivity index (χ1v) is 13.2. The van der Waals surface area contributed by atoms with Crippen LogP contribution < -0.4 is 16.4 Å². The van der Waals surface area contributed by atoms with Crippen molar-refractivity contribution < 1.29 is 38.4 Å². The molecule has 0 aromatic carbocycles.